The van der Waals surface area contributed by atoms with Crippen LogP contribution >= 0.6 is 0 Å². The molecule has 2 N–H and O–H groups in total. The minimum atomic E-state index is 0.470. The molecule has 0 unspecified atom stereocenters. The lowest BCUT2D eigenvalue weighted by atomic mass is 10.1. The van der Waals surface area contributed by atoms with E-state index in [1.807, 2.05) is 44.2 Å². The van der Waals surface area contributed by atoms with Crippen molar-refractivity contribution in [1.29, 1.82) is 0 Å². The van der Waals surface area contributed by atoms with E-state index in [0.29, 0.717) is 17.5 Å². The highest BCUT2D eigenvalue weighted by Gasteiger charge is 2.11. The zero-order valence-electron chi connectivity index (χ0n) is 12.1. The van der Waals surface area contributed by atoms with Crippen molar-refractivity contribution in [2.24, 2.45) is 0 Å². The summed E-state index contributed by atoms with van der Waals surface area (Å²) in [6, 6.07) is 14.1. The fraction of sp³-hybridized carbons (Fsp3) is 0.176. The molecule has 0 aliphatic rings. The maximum atomic E-state index is 6.01. The molecule has 0 amide bonds. The number of ether oxygens (including phenoxy) is 1. The molecule has 0 saturated carbocycles. The SMILES string of the molecule is CCc1nc(N)c(C)c(Oc2cccc3ccccc23)n1. The van der Waals surface area contributed by atoms with E-state index in [1.165, 1.54) is 0 Å². The molecule has 106 valence electrons. The van der Waals surface area contributed by atoms with Gasteiger partial charge in [-0.15, -0.1) is 0 Å². The number of benzene rings is 2. The first-order valence-electron chi connectivity index (χ1n) is 6.97. The second-order valence-electron chi connectivity index (χ2n) is 4.89. The molecule has 21 heavy (non-hydrogen) atoms. The van der Waals surface area contributed by atoms with Gasteiger partial charge in [-0.1, -0.05) is 43.3 Å². The smallest absolute Gasteiger partial charge is 0.227 e. The van der Waals surface area contributed by atoms with Crippen LogP contribution in [-0.4, -0.2) is 9.97 Å². The molecule has 0 radical (unpaired) electrons. The van der Waals surface area contributed by atoms with E-state index in [2.05, 4.69) is 22.1 Å². The summed E-state index contributed by atoms with van der Waals surface area (Å²) in [7, 11) is 0. The van der Waals surface area contributed by atoms with Crippen molar-refractivity contribution in [3.8, 4) is 11.6 Å². The Bertz CT molecular complexity index is 794. The van der Waals surface area contributed by atoms with Gasteiger partial charge in [0, 0.05) is 11.8 Å². The standard InChI is InChI=1S/C17H17N3O/c1-3-15-19-16(18)11(2)17(20-15)21-14-10-6-8-12-7-4-5-9-13(12)14/h4-10H,3H2,1-2H3,(H2,18,19,20). The van der Waals surface area contributed by atoms with Crippen molar-refractivity contribution in [2.75, 3.05) is 5.73 Å². The van der Waals surface area contributed by atoms with E-state index in [1.54, 1.807) is 0 Å². The van der Waals surface area contributed by atoms with E-state index in [9.17, 15) is 0 Å². The number of aryl methyl sites for hydroxylation is 1. The van der Waals surface area contributed by atoms with E-state index in [-0.39, 0.29) is 0 Å². The van der Waals surface area contributed by atoms with Gasteiger partial charge in [-0.3, -0.25) is 0 Å². The van der Waals surface area contributed by atoms with Crippen LogP contribution in [0.15, 0.2) is 42.5 Å². The van der Waals surface area contributed by atoms with Gasteiger partial charge in [0.2, 0.25) is 5.88 Å². The first-order valence-corrected chi connectivity index (χ1v) is 6.97. The molecule has 0 spiro atoms. The van der Waals surface area contributed by atoms with Crippen LogP contribution in [0.25, 0.3) is 10.8 Å². The quantitative estimate of drug-likeness (QED) is 0.790. The van der Waals surface area contributed by atoms with Crippen LogP contribution in [0.3, 0.4) is 0 Å². The average Bonchev–Trinajstić information content (AvgIpc) is 2.52. The maximum Gasteiger partial charge on any atom is 0.227 e. The lowest BCUT2D eigenvalue weighted by Gasteiger charge is -2.12. The second kappa shape index (κ2) is 5.40. The molecule has 0 aliphatic carbocycles. The molecular formula is C17H17N3O. The van der Waals surface area contributed by atoms with Gasteiger partial charge in [0.15, 0.2) is 0 Å². The summed E-state index contributed by atoms with van der Waals surface area (Å²) in [4.78, 5) is 8.68. The zero-order valence-corrected chi connectivity index (χ0v) is 12.1. The summed E-state index contributed by atoms with van der Waals surface area (Å²) in [6.07, 6.45) is 0.719. The highest BCUT2D eigenvalue weighted by Crippen LogP contribution is 2.31. The summed E-state index contributed by atoms with van der Waals surface area (Å²) in [6.45, 7) is 3.86. The third-order valence-corrected chi connectivity index (χ3v) is 3.46. The summed E-state index contributed by atoms with van der Waals surface area (Å²) in [5.41, 5.74) is 6.70. The number of rotatable bonds is 3. The van der Waals surface area contributed by atoms with Crippen molar-refractivity contribution >= 4 is 16.6 Å². The van der Waals surface area contributed by atoms with Crippen LogP contribution in [0.1, 0.15) is 18.3 Å². The van der Waals surface area contributed by atoms with Crippen molar-refractivity contribution in [1.82, 2.24) is 9.97 Å². The summed E-state index contributed by atoms with van der Waals surface area (Å²) >= 11 is 0. The van der Waals surface area contributed by atoms with Gasteiger partial charge in [0.1, 0.15) is 17.4 Å². The molecule has 0 bridgehead atoms. The fourth-order valence-corrected chi connectivity index (χ4v) is 2.20. The number of nitrogens with two attached hydrogens (primary N) is 1. The minimum absolute atomic E-state index is 0.470. The van der Waals surface area contributed by atoms with Gasteiger partial charge in [0.05, 0.1) is 5.56 Å². The molecule has 0 aliphatic heterocycles. The van der Waals surface area contributed by atoms with Crippen molar-refractivity contribution in [3.63, 3.8) is 0 Å². The zero-order chi connectivity index (χ0) is 14.8. The molecule has 0 fully saturated rings. The lowest BCUT2D eigenvalue weighted by Crippen LogP contribution is -2.04. The normalized spacial score (nSPS) is 10.8. The van der Waals surface area contributed by atoms with Gasteiger partial charge in [-0.25, -0.2) is 4.98 Å². The predicted octanol–water partition coefficient (Wildman–Crippen LogP) is 3.88. The van der Waals surface area contributed by atoms with Gasteiger partial charge >= 0.3 is 0 Å². The first-order chi connectivity index (χ1) is 10.2. The Morgan fingerprint density at radius 2 is 1.81 bits per heavy atom. The summed E-state index contributed by atoms with van der Waals surface area (Å²) < 4.78 is 6.01. The number of nitrogen functional groups attached to an aromatic ring is 1. The highest BCUT2D eigenvalue weighted by atomic mass is 16.5. The van der Waals surface area contributed by atoms with E-state index in [0.717, 1.165) is 28.5 Å². The number of nitrogens with zero attached hydrogens (tertiary/aromatic N) is 2. The van der Waals surface area contributed by atoms with Crippen LogP contribution in [0.4, 0.5) is 5.82 Å². The molecule has 1 heterocycles. The number of fused-ring (bicyclic) bond motifs is 1. The van der Waals surface area contributed by atoms with E-state index in [4.69, 9.17) is 10.5 Å². The third kappa shape index (κ3) is 2.52. The largest absolute Gasteiger partial charge is 0.438 e. The Labute approximate surface area is 123 Å². The molecule has 0 saturated heterocycles. The van der Waals surface area contributed by atoms with Crippen LogP contribution in [0.5, 0.6) is 11.6 Å². The molecule has 2 aromatic carbocycles. The van der Waals surface area contributed by atoms with Gasteiger partial charge < -0.3 is 10.5 Å². The monoisotopic (exact) mass is 279 g/mol. The molecule has 0 atom stereocenters. The predicted molar refractivity (Wildman–Crippen MR) is 84.6 cm³/mol. The number of hydrogen-bond donors (Lipinski definition) is 1. The fourth-order valence-electron chi connectivity index (χ4n) is 2.20. The molecule has 3 aromatic rings. The second-order valence-corrected chi connectivity index (χ2v) is 4.89. The molecule has 4 nitrogen and oxygen atoms in total. The van der Waals surface area contributed by atoms with Crippen LogP contribution in [0.2, 0.25) is 0 Å². The Morgan fingerprint density at radius 3 is 2.62 bits per heavy atom. The first kappa shape index (κ1) is 13.4. The Hall–Kier alpha value is -2.62. The summed E-state index contributed by atoms with van der Waals surface area (Å²) in [5.74, 6) is 2.46. The van der Waals surface area contributed by atoms with Crippen molar-refractivity contribution in [2.45, 2.75) is 20.3 Å². The van der Waals surface area contributed by atoms with Crippen molar-refractivity contribution in [3.05, 3.63) is 53.9 Å². The lowest BCUT2D eigenvalue weighted by molar-refractivity contribution is 0.460. The molecular weight excluding hydrogens is 262 g/mol. The Balaban J connectivity index is 2.09. The molecule has 1 aromatic heterocycles. The third-order valence-electron chi connectivity index (χ3n) is 3.46. The van der Waals surface area contributed by atoms with Gasteiger partial charge in [-0.05, 0) is 18.4 Å². The average molecular weight is 279 g/mol. The van der Waals surface area contributed by atoms with Crippen LogP contribution in [0, 0.1) is 6.92 Å². The highest BCUT2D eigenvalue weighted by molar-refractivity contribution is 5.88. The number of hydrogen-bond acceptors (Lipinski definition) is 4. The molecule has 4 heteroatoms. The number of anilines is 1. The summed E-state index contributed by atoms with van der Waals surface area (Å²) in [5, 5.41) is 2.18. The Kier molecular flexibility index (Phi) is 3.44. The molecule has 3 rings (SSSR count). The number of aromatic nitrogens is 2. The van der Waals surface area contributed by atoms with Gasteiger partial charge in [0.25, 0.3) is 0 Å². The van der Waals surface area contributed by atoms with E-state index >= 15 is 0 Å². The van der Waals surface area contributed by atoms with Crippen molar-refractivity contribution < 1.29 is 4.74 Å². The maximum absolute atomic E-state index is 6.01. The Morgan fingerprint density at radius 1 is 1.05 bits per heavy atom. The topological polar surface area (TPSA) is 61.0 Å². The van der Waals surface area contributed by atoms with Crippen LogP contribution in [-0.2, 0) is 6.42 Å². The van der Waals surface area contributed by atoms with Crippen LogP contribution < -0.4 is 10.5 Å². The minimum Gasteiger partial charge on any atom is -0.438 e. The van der Waals surface area contributed by atoms with E-state index < -0.39 is 0 Å². The van der Waals surface area contributed by atoms with Gasteiger partial charge in [-0.2, -0.15) is 4.98 Å².